The highest BCUT2D eigenvalue weighted by Gasteiger charge is 2.10. The van der Waals surface area contributed by atoms with Gasteiger partial charge in [0.2, 0.25) is 0 Å². The number of carboxylic acids is 1. The third-order valence-electron chi connectivity index (χ3n) is 2.79. The fourth-order valence-electron chi connectivity index (χ4n) is 1.86. The van der Waals surface area contributed by atoms with Crippen molar-refractivity contribution >= 4 is 17.3 Å². The number of thiazole rings is 1. The Morgan fingerprint density at radius 3 is 2.65 bits per heavy atom. The largest absolute Gasteiger partial charge is 0.494 e. The minimum atomic E-state index is -0.916. The summed E-state index contributed by atoms with van der Waals surface area (Å²) in [4.78, 5) is 22.3. The van der Waals surface area contributed by atoms with Crippen LogP contribution >= 0.6 is 11.3 Å². The lowest BCUT2D eigenvalue weighted by molar-refractivity contribution is -0.137. The van der Waals surface area contributed by atoms with E-state index in [0.717, 1.165) is 28.3 Å². The molecule has 0 aliphatic carbocycles. The average Bonchev–Trinajstić information content (AvgIpc) is 2.79. The SMILES string of the molecule is CCOc1ccc(-c2csc(=O)n2CCC(=O)O)cc1. The van der Waals surface area contributed by atoms with Gasteiger partial charge in [-0.05, 0) is 36.8 Å². The van der Waals surface area contributed by atoms with Crippen LogP contribution < -0.4 is 9.61 Å². The molecule has 0 spiro atoms. The molecule has 1 aromatic heterocycles. The predicted molar refractivity (Wildman–Crippen MR) is 77.4 cm³/mol. The molecule has 5 nitrogen and oxygen atoms in total. The van der Waals surface area contributed by atoms with Gasteiger partial charge in [-0.15, -0.1) is 0 Å². The summed E-state index contributed by atoms with van der Waals surface area (Å²) in [6.07, 6.45) is -0.0688. The van der Waals surface area contributed by atoms with Crippen LogP contribution in [0.4, 0.5) is 0 Å². The number of ether oxygens (including phenoxy) is 1. The Kier molecular flexibility index (Phi) is 4.57. The topological polar surface area (TPSA) is 68.5 Å². The lowest BCUT2D eigenvalue weighted by Crippen LogP contribution is -2.16. The van der Waals surface area contributed by atoms with E-state index in [-0.39, 0.29) is 17.8 Å². The van der Waals surface area contributed by atoms with Crippen molar-refractivity contribution in [2.75, 3.05) is 6.61 Å². The highest BCUT2D eigenvalue weighted by Crippen LogP contribution is 2.23. The zero-order valence-electron chi connectivity index (χ0n) is 11.0. The van der Waals surface area contributed by atoms with Gasteiger partial charge in [0.25, 0.3) is 0 Å². The second-order valence-electron chi connectivity index (χ2n) is 4.14. The van der Waals surface area contributed by atoms with E-state index in [0.29, 0.717) is 6.61 Å². The molecule has 0 saturated heterocycles. The second-order valence-corrected chi connectivity index (χ2v) is 4.96. The average molecular weight is 293 g/mol. The second kappa shape index (κ2) is 6.38. The molecule has 0 bridgehead atoms. The van der Waals surface area contributed by atoms with Crippen molar-refractivity contribution < 1.29 is 14.6 Å². The maximum absolute atomic E-state index is 11.8. The molecule has 2 aromatic rings. The van der Waals surface area contributed by atoms with Crippen LogP contribution in [-0.4, -0.2) is 22.2 Å². The molecular formula is C14H15NO4S. The van der Waals surface area contributed by atoms with Crippen molar-refractivity contribution in [2.45, 2.75) is 19.9 Å². The van der Waals surface area contributed by atoms with Gasteiger partial charge in [-0.1, -0.05) is 11.3 Å². The molecular weight excluding hydrogens is 278 g/mol. The Morgan fingerprint density at radius 1 is 1.35 bits per heavy atom. The van der Waals surface area contributed by atoms with E-state index in [1.165, 1.54) is 4.57 Å². The van der Waals surface area contributed by atoms with Crippen molar-refractivity contribution in [1.82, 2.24) is 4.57 Å². The first-order valence-electron chi connectivity index (χ1n) is 6.25. The van der Waals surface area contributed by atoms with E-state index in [1.54, 1.807) is 5.38 Å². The van der Waals surface area contributed by atoms with E-state index in [1.807, 2.05) is 31.2 Å². The van der Waals surface area contributed by atoms with Gasteiger partial charge in [-0.2, -0.15) is 0 Å². The standard InChI is InChI=1S/C14H15NO4S/c1-2-19-11-5-3-10(4-6-11)12-9-20-14(18)15(12)8-7-13(16)17/h3-6,9H,2,7-8H2,1H3,(H,16,17). The molecule has 0 radical (unpaired) electrons. The number of benzene rings is 1. The Balaban J connectivity index is 2.28. The van der Waals surface area contributed by atoms with Gasteiger partial charge in [0.15, 0.2) is 0 Å². The van der Waals surface area contributed by atoms with E-state index < -0.39 is 5.97 Å². The molecule has 0 aliphatic rings. The van der Waals surface area contributed by atoms with Gasteiger partial charge in [0, 0.05) is 11.9 Å². The molecule has 0 unspecified atom stereocenters. The number of carboxylic acid groups (broad SMARTS) is 1. The quantitative estimate of drug-likeness (QED) is 0.888. The summed E-state index contributed by atoms with van der Waals surface area (Å²) < 4.78 is 6.86. The smallest absolute Gasteiger partial charge is 0.307 e. The van der Waals surface area contributed by atoms with E-state index in [4.69, 9.17) is 9.84 Å². The van der Waals surface area contributed by atoms with E-state index in [2.05, 4.69) is 0 Å². The third-order valence-corrected chi connectivity index (χ3v) is 3.56. The maximum atomic E-state index is 11.8. The fraction of sp³-hybridized carbons (Fsp3) is 0.286. The molecule has 0 saturated carbocycles. The number of carbonyl (C=O) groups is 1. The lowest BCUT2D eigenvalue weighted by atomic mass is 10.1. The summed E-state index contributed by atoms with van der Waals surface area (Å²) in [6.45, 7) is 2.69. The van der Waals surface area contributed by atoms with Gasteiger partial charge in [0.05, 0.1) is 18.7 Å². The number of aliphatic carboxylic acids is 1. The van der Waals surface area contributed by atoms with Crippen LogP contribution in [0.2, 0.25) is 0 Å². The first-order chi connectivity index (χ1) is 9.61. The van der Waals surface area contributed by atoms with E-state index in [9.17, 15) is 9.59 Å². The van der Waals surface area contributed by atoms with Crippen molar-refractivity contribution in [1.29, 1.82) is 0 Å². The Hall–Kier alpha value is -2.08. The van der Waals surface area contributed by atoms with Crippen LogP contribution in [-0.2, 0) is 11.3 Å². The number of nitrogens with zero attached hydrogens (tertiary/aromatic N) is 1. The summed E-state index contributed by atoms with van der Waals surface area (Å²) in [5.74, 6) is -0.147. The highest BCUT2D eigenvalue weighted by molar-refractivity contribution is 7.07. The lowest BCUT2D eigenvalue weighted by Gasteiger charge is -2.08. The van der Waals surface area contributed by atoms with Gasteiger partial charge in [0.1, 0.15) is 5.75 Å². The van der Waals surface area contributed by atoms with Crippen molar-refractivity contribution in [2.24, 2.45) is 0 Å². The van der Waals surface area contributed by atoms with E-state index >= 15 is 0 Å². The third kappa shape index (κ3) is 3.27. The fourth-order valence-corrected chi connectivity index (χ4v) is 2.66. The summed E-state index contributed by atoms with van der Waals surface area (Å²) >= 11 is 1.08. The molecule has 1 heterocycles. The Bertz CT molecular complexity index is 642. The van der Waals surface area contributed by atoms with Crippen LogP contribution in [0.15, 0.2) is 34.4 Å². The molecule has 20 heavy (non-hydrogen) atoms. The molecule has 106 valence electrons. The molecule has 0 amide bonds. The molecule has 1 aromatic carbocycles. The molecule has 0 fully saturated rings. The van der Waals surface area contributed by atoms with Crippen molar-refractivity contribution in [3.05, 3.63) is 39.3 Å². The van der Waals surface area contributed by atoms with Crippen LogP contribution in [0.25, 0.3) is 11.3 Å². The van der Waals surface area contributed by atoms with Crippen LogP contribution in [0, 0.1) is 0 Å². The summed E-state index contributed by atoms with van der Waals surface area (Å²) in [6, 6.07) is 7.40. The Morgan fingerprint density at radius 2 is 2.05 bits per heavy atom. The zero-order chi connectivity index (χ0) is 14.5. The maximum Gasteiger partial charge on any atom is 0.307 e. The first kappa shape index (κ1) is 14.3. The predicted octanol–water partition coefficient (Wildman–Crippen LogP) is 2.45. The van der Waals surface area contributed by atoms with Gasteiger partial charge >= 0.3 is 10.8 Å². The minimum Gasteiger partial charge on any atom is -0.494 e. The number of aromatic nitrogens is 1. The zero-order valence-corrected chi connectivity index (χ0v) is 11.9. The summed E-state index contributed by atoms with van der Waals surface area (Å²) in [5, 5.41) is 10.5. The number of hydrogen-bond donors (Lipinski definition) is 1. The summed E-state index contributed by atoms with van der Waals surface area (Å²) in [7, 11) is 0. The first-order valence-corrected chi connectivity index (χ1v) is 7.13. The van der Waals surface area contributed by atoms with Crippen LogP contribution in [0.5, 0.6) is 5.75 Å². The molecule has 0 atom stereocenters. The molecule has 0 aliphatic heterocycles. The molecule has 2 rings (SSSR count). The molecule has 6 heteroatoms. The Labute approximate surface area is 120 Å². The van der Waals surface area contributed by atoms with Gasteiger partial charge in [-0.25, -0.2) is 0 Å². The van der Waals surface area contributed by atoms with Crippen LogP contribution in [0.3, 0.4) is 0 Å². The van der Waals surface area contributed by atoms with Gasteiger partial charge in [-0.3, -0.25) is 14.2 Å². The normalized spacial score (nSPS) is 10.4. The monoisotopic (exact) mass is 293 g/mol. The van der Waals surface area contributed by atoms with Crippen molar-refractivity contribution in [3.8, 4) is 17.0 Å². The number of rotatable bonds is 6. The molecule has 1 N–H and O–H groups in total. The van der Waals surface area contributed by atoms with Crippen LogP contribution in [0.1, 0.15) is 13.3 Å². The minimum absolute atomic E-state index is 0.0688. The van der Waals surface area contributed by atoms with Gasteiger partial charge < -0.3 is 9.84 Å². The summed E-state index contributed by atoms with van der Waals surface area (Å²) in [5.41, 5.74) is 1.61. The number of hydrogen-bond acceptors (Lipinski definition) is 4. The van der Waals surface area contributed by atoms with Crippen molar-refractivity contribution in [3.63, 3.8) is 0 Å². The highest BCUT2D eigenvalue weighted by atomic mass is 32.1.